The molecule has 1 atom stereocenters. The fraction of sp³-hybridized carbons (Fsp3) is 0.706. The van der Waals surface area contributed by atoms with Gasteiger partial charge in [-0.1, -0.05) is 37.3 Å². The molecule has 0 saturated heterocycles. The van der Waals surface area contributed by atoms with E-state index in [2.05, 4.69) is 6.58 Å². The molecule has 0 aliphatic heterocycles. The van der Waals surface area contributed by atoms with E-state index in [0.29, 0.717) is 12.0 Å². The molecule has 0 amide bonds. The molecule has 3 heteroatoms. The van der Waals surface area contributed by atoms with Crippen LogP contribution in [-0.2, 0) is 4.79 Å². The van der Waals surface area contributed by atoms with Crippen LogP contribution >= 0.6 is 0 Å². The van der Waals surface area contributed by atoms with E-state index in [1.54, 1.807) is 0 Å². The third kappa shape index (κ3) is 6.90. The Labute approximate surface area is 122 Å². The van der Waals surface area contributed by atoms with Gasteiger partial charge in [0.1, 0.15) is 0 Å². The average molecular weight is 279 g/mol. The Kier molecular flexibility index (Phi) is 8.28. The van der Waals surface area contributed by atoms with Gasteiger partial charge in [0.2, 0.25) is 0 Å². The van der Waals surface area contributed by atoms with Gasteiger partial charge >= 0.3 is 5.97 Å². The molecule has 0 spiro atoms. The molecule has 3 N–H and O–H groups in total. The lowest BCUT2D eigenvalue weighted by molar-refractivity contribution is -0.131. The Balaban J connectivity index is 0.000000240. The highest BCUT2D eigenvalue weighted by Gasteiger charge is 2.18. The van der Waals surface area contributed by atoms with Crippen molar-refractivity contribution in [3.8, 4) is 0 Å². The molecule has 2 aliphatic rings. The molecule has 0 aromatic heterocycles. The van der Waals surface area contributed by atoms with Crippen molar-refractivity contribution in [1.82, 2.24) is 0 Å². The first-order chi connectivity index (χ1) is 9.63. The first-order valence-electron chi connectivity index (χ1n) is 7.93. The Hall–Kier alpha value is -1.09. The SMILES string of the molecule is C=CCC1CCCC/C1=C\C(=O)O.NC1CCCCC1. The van der Waals surface area contributed by atoms with Crippen LogP contribution in [0.25, 0.3) is 0 Å². The molecule has 1 unspecified atom stereocenters. The van der Waals surface area contributed by atoms with Crippen LogP contribution in [0, 0.1) is 5.92 Å². The predicted octanol–water partition coefficient (Wildman–Crippen LogP) is 4.04. The minimum atomic E-state index is -0.814. The quantitative estimate of drug-likeness (QED) is 0.605. The van der Waals surface area contributed by atoms with Crippen molar-refractivity contribution in [2.75, 3.05) is 0 Å². The number of carbonyl (C=O) groups is 1. The first kappa shape index (κ1) is 17.0. The van der Waals surface area contributed by atoms with Crippen molar-refractivity contribution in [2.45, 2.75) is 70.3 Å². The molecule has 0 radical (unpaired) electrons. The second-order valence-corrected chi connectivity index (χ2v) is 5.92. The van der Waals surface area contributed by atoms with Gasteiger partial charge in [-0.3, -0.25) is 0 Å². The highest BCUT2D eigenvalue weighted by molar-refractivity contribution is 5.80. The lowest BCUT2D eigenvalue weighted by Gasteiger charge is -2.23. The number of nitrogens with two attached hydrogens (primary N) is 1. The number of hydrogen-bond acceptors (Lipinski definition) is 2. The van der Waals surface area contributed by atoms with Crippen LogP contribution in [0.2, 0.25) is 0 Å². The number of allylic oxidation sites excluding steroid dienone is 2. The van der Waals surface area contributed by atoms with E-state index in [0.717, 1.165) is 31.3 Å². The zero-order valence-corrected chi connectivity index (χ0v) is 12.5. The summed E-state index contributed by atoms with van der Waals surface area (Å²) in [7, 11) is 0. The second kappa shape index (κ2) is 9.76. The summed E-state index contributed by atoms with van der Waals surface area (Å²) in [5.41, 5.74) is 6.73. The van der Waals surface area contributed by atoms with Crippen LogP contribution < -0.4 is 5.73 Å². The fourth-order valence-corrected chi connectivity index (χ4v) is 3.06. The lowest BCUT2D eigenvalue weighted by atomic mass is 9.82. The third-order valence-corrected chi connectivity index (χ3v) is 4.20. The summed E-state index contributed by atoms with van der Waals surface area (Å²) in [6.45, 7) is 3.69. The maximum atomic E-state index is 10.5. The van der Waals surface area contributed by atoms with E-state index in [4.69, 9.17) is 10.8 Å². The van der Waals surface area contributed by atoms with Gasteiger partial charge in [-0.25, -0.2) is 4.79 Å². The maximum absolute atomic E-state index is 10.5. The number of rotatable bonds is 3. The van der Waals surface area contributed by atoms with Crippen molar-refractivity contribution in [2.24, 2.45) is 11.7 Å². The average Bonchev–Trinajstić information content (AvgIpc) is 2.42. The highest BCUT2D eigenvalue weighted by Crippen LogP contribution is 2.31. The van der Waals surface area contributed by atoms with Crippen LogP contribution in [0.1, 0.15) is 64.2 Å². The molecular formula is C17H29NO2. The van der Waals surface area contributed by atoms with E-state index >= 15 is 0 Å². The summed E-state index contributed by atoms with van der Waals surface area (Å²) >= 11 is 0. The molecule has 20 heavy (non-hydrogen) atoms. The number of hydrogen-bond donors (Lipinski definition) is 2. The Morgan fingerprint density at radius 1 is 1.20 bits per heavy atom. The second-order valence-electron chi connectivity index (χ2n) is 5.92. The minimum Gasteiger partial charge on any atom is -0.478 e. The van der Waals surface area contributed by atoms with Gasteiger partial charge in [-0.2, -0.15) is 0 Å². The van der Waals surface area contributed by atoms with E-state index < -0.39 is 5.97 Å². The van der Waals surface area contributed by atoms with E-state index in [1.165, 1.54) is 44.6 Å². The molecule has 2 aliphatic carbocycles. The molecule has 2 fully saturated rings. The summed E-state index contributed by atoms with van der Waals surface area (Å²) in [6, 6.07) is 0.536. The molecular weight excluding hydrogens is 250 g/mol. The topological polar surface area (TPSA) is 63.3 Å². The third-order valence-electron chi connectivity index (χ3n) is 4.20. The van der Waals surface area contributed by atoms with Crippen molar-refractivity contribution in [1.29, 1.82) is 0 Å². The molecule has 3 nitrogen and oxygen atoms in total. The number of carboxylic acids is 1. The zero-order chi connectivity index (χ0) is 14.8. The molecule has 114 valence electrons. The summed E-state index contributed by atoms with van der Waals surface area (Å²) < 4.78 is 0. The summed E-state index contributed by atoms with van der Waals surface area (Å²) in [6.07, 6.45) is 15.3. The van der Waals surface area contributed by atoms with Gasteiger partial charge in [-0.15, -0.1) is 6.58 Å². The van der Waals surface area contributed by atoms with Crippen molar-refractivity contribution in [3.63, 3.8) is 0 Å². The molecule has 2 rings (SSSR count). The Morgan fingerprint density at radius 2 is 1.85 bits per heavy atom. The molecule has 2 saturated carbocycles. The maximum Gasteiger partial charge on any atom is 0.328 e. The van der Waals surface area contributed by atoms with Crippen molar-refractivity contribution >= 4 is 5.97 Å². The van der Waals surface area contributed by atoms with Gasteiger partial charge in [-0.05, 0) is 44.4 Å². The van der Waals surface area contributed by atoms with Crippen LogP contribution in [-0.4, -0.2) is 17.1 Å². The standard InChI is InChI=1S/C11H16O2.C6H13N/c1-2-5-9-6-3-4-7-10(9)8-11(12)13;7-6-4-2-1-3-5-6/h2,8-9H,1,3-7H2,(H,12,13);6H,1-5,7H2/b10-8+;. The van der Waals surface area contributed by atoms with Gasteiger partial charge in [0, 0.05) is 12.1 Å². The Morgan fingerprint density at radius 3 is 2.35 bits per heavy atom. The number of carboxylic acid groups (broad SMARTS) is 1. The summed E-state index contributed by atoms with van der Waals surface area (Å²) in [5.74, 6) is -0.381. The van der Waals surface area contributed by atoms with Gasteiger partial charge in [0.05, 0.1) is 0 Å². The van der Waals surface area contributed by atoms with Crippen LogP contribution in [0.3, 0.4) is 0 Å². The lowest BCUT2D eigenvalue weighted by Crippen LogP contribution is -2.22. The molecule has 0 heterocycles. The van der Waals surface area contributed by atoms with E-state index in [-0.39, 0.29) is 0 Å². The van der Waals surface area contributed by atoms with Gasteiger partial charge < -0.3 is 10.8 Å². The zero-order valence-electron chi connectivity index (χ0n) is 12.5. The largest absolute Gasteiger partial charge is 0.478 e. The Bertz CT molecular complexity index is 330. The highest BCUT2D eigenvalue weighted by atomic mass is 16.4. The van der Waals surface area contributed by atoms with Gasteiger partial charge in [0.15, 0.2) is 0 Å². The fourth-order valence-electron chi connectivity index (χ4n) is 3.06. The smallest absolute Gasteiger partial charge is 0.328 e. The van der Waals surface area contributed by atoms with Crippen molar-refractivity contribution in [3.05, 3.63) is 24.3 Å². The monoisotopic (exact) mass is 279 g/mol. The first-order valence-corrected chi connectivity index (χ1v) is 7.93. The molecule has 0 aromatic carbocycles. The van der Waals surface area contributed by atoms with Crippen molar-refractivity contribution < 1.29 is 9.90 Å². The van der Waals surface area contributed by atoms with Crippen LogP contribution in [0.5, 0.6) is 0 Å². The van der Waals surface area contributed by atoms with Gasteiger partial charge in [0.25, 0.3) is 0 Å². The summed E-state index contributed by atoms with van der Waals surface area (Å²) in [5, 5.41) is 8.65. The van der Waals surface area contributed by atoms with E-state index in [1.807, 2.05) is 6.08 Å². The van der Waals surface area contributed by atoms with Crippen LogP contribution in [0.15, 0.2) is 24.3 Å². The minimum absolute atomic E-state index is 0.433. The normalized spacial score (nSPS) is 25.6. The molecule has 0 aromatic rings. The van der Waals surface area contributed by atoms with Crippen LogP contribution in [0.4, 0.5) is 0 Å². The van der Waals surface area contributed by atoms with E-state index in [9.17, 15) is 4.79 Å². The predicted molar refractivity (Wildman–Crippen MR) is 83.6 cm³/mol. The number of aliphatic carboxylic acids is 1. The molecule has 0 bridgehead atoms. The summed E-state index contributed by atoms with van der Waals surface area (Å²) in [4.78, 5) is 10.5.